The molecule has 0 aliphatic heterocycles. The number of carbonyl (C=O) groups is 1. The number of benzene rings is 2. The quantitative estimate of drug-likeness (QED) is 0.633. The van der Waals surface area contributed by atoms with Gasteiger partial charge in [0.15, 0.2) is 0 Å². The zero-order valence-corrected chi connectivity index (χ0v) is 15.1. The molecule has 0 saturated heterocycles. The molecule has 0 aromatic heterocycles. The highest BCUT2D eigenvalue weighted by molar-refractivity contribution is 14.1. The van der Waals surface area contributed by atoms with E-state index in [1.165, 1.54) is 5.56 Å². The molecule has 104 valence electrons. The number of aryl methyl sites for hydroxylation is 1. The molecule has 0 spiro atoms. The average molecular weight is 444 g/mol. The number of halogens is 2. The Morgan fingerprint density at radius 1 is 1.25 bits per heavy atom. The molecule has 0 radical (unpaired) electrons. The van der Waals surface area contributed by atoms with Crippen molar-refractivity contribution < 1.29 is 4.79 Å². The minimum atomic E-state index is 0.0249. The summed E-state index contributed by atoms with van der Waals surface area (Å²) in [5.41, 5.74) is 3.05. The van der Waals surface area contributed by atoms with Gasteiger partial charge in [-0.25, -0.2) is 0 Å². The Labute approximate surface area is 141 Å². The number of hydrogen-bond acceptors (Lipinski definition) is 1. The summed E-state index contributed by atoms with van der Waals surface area (Å²) in [6, 6.07) is 14.0. The average Bonchev–Trinajstić information content (AvgIpc) is 2.40. The number of nitrogens with zero attached hydrogens (tertiary/aromatic N) is 1. The first-order valence-corrected chi connectivity index (χ1v) is 8.10. The Balaban J connectivity index is 2.18. The molecule has 0 fully saturated rings. The van der Waals surface area contributed by atoms with Crippen molar-refractivity contribution in [2.45, 2.75) is 13.5 Å². The molecule has 0 saturated carbocycles. The first-order valence-electron chi connectivity index (χ1n) is 6.23. The predicted octanol–water partition coefficient (Wildman–Crippen LogP) is 4.63. The summed E-state index contributed by atoms with van der Waals surface area (Å²) in [7, 11) is 1.83. The second-order valence-electron chi connectivity index (χ2n) is 4.77. The van der Waals surface area contributed by atoms with Crippen molar-refractivity contribution in [1.82, 2.24) is 4.90 Å². The third-order valence-electron chi connectivity index (χ3n) is 3.01. The van der Waals surface area contributed by atoms with E-state index in [-0.39, 0.29) is 5.91 Å². The van der Waals surface area contributed by atoms with Crippen LogP contribution >= 0.6 is 38.5 Å². The van der Waals surface area contributed by atoms with Gasteiger partial charge in [-0.3, -0.25) is 4.79 Å². The van der Waals surface area contributed by atoms with Crippen molar-refractivity contribution in [3.05, 3.63) is 67.2 Å². The largest absolute Gasteiger partial charge is 0.337 e. The Morgan fingerprint density at radius 3 is 2.70 bits per heavy atom. The van der Waals surface area contributed by atoms with Crippen molar-refractivity contribution in [3.8, 4) is 0 Å². The van der Waals surface area contributed by atoms with Gasteiger partial charge in [0.1, 0.15) is 0 Å². The van der Waals surface area contributed by atoms with Crippen molar-refractivity contribution in [1.29, 1.82) is 0 Å². The fourth-order valence-corrected chi connectivity index (χ4v) is 2.93. The van der Waals surface area contributed by atoms with E-state index in [0.717, 1.165) is 13.6 Å². The zero-order chi connectivity index (χ0) is 14.7. The van der Waals surface area contributed by atoms with Gasteiger partial charge in [0.2, 0.25) is 0 Å². The molecule has 2 rings (SSSR count). The summed E-state index contributed by atoms with van der Waals surface area (Å²) in [5.74, 6) is 0.0249. The Hall–Kier alpha value is -0.880. The van der Waals surface area contributed by atoms with Crippen LogP contribution < -0.4 is 0 Å². The molecule has 0 N–H and O–H groups in total. The van der Waals surface area contributed by atoms with E-state index in [0.29, 0.717) is 12.1 Å². The maximum absolute atomic E-state index is 12.5. The van der Waals surface area contributed by atoms with Crippen molar-refractivity contribution >= 4 is 44.4 Å². The molecule has 0 heterocycles. The third-order valence-corrected chi connectivity index (χ3v) is 4.37. The lowest BCUT2D eigenvalue weighted by molar-refractivity contribution is 0.0784. The summed E-state index contributed by atoms with van der Waals surface area (Å²) in [5, 5.41) is 0. The lowest BCUT2D eigenvalue weighted by atomic mass is 10.1. The van der Waals surface area contributed by atoms with Crippen LogP contribution in [0.5, 0.6) is 0 Å². The lowest BCUT2D eigenvalue weighted by Crippen LogP contribution is -2.26. The Bertz CT molecular complexity index is 642. The van der Waals surface area contributed by atoms with E-state index in [1.807, 2.05) is 37.4 Å². The van der Waals surface area contributed by atoms with Crippen LogP contribution in [0, 0.1) is 10.5 Å². The highest BCUT2D eigenvalue weighted by Gasteiger charge is 2.15. The molecule has 4 heteroatoms. The molecule has 0 bridgehead atoms. The van der Waals surface area contributed by atoms with Gasteiger partial charge in [-0.2, -0.15) is 0 Å². The van der Waals surface area contributed by atoms with Crippen LogP contribution in [0.15, 0.2) is 46.9 Å². The molecule has 1 amide bonds. The van der Waals surface area contributed by atoms with Gasteiger partial charge in [-0.1, -0.05) is 29.8 Å². The van der Waals surface area contributed by atoms with Crippen LogP contribution in [-0.4, -0.2) is 17.9 Å². The van der Waals surface area contributed by atoms with Crippen LogP contribution in [0.3, 0.4) is 0 Å². The Morgan fingerprint density at radius 2 is 2.00 bits per heavy atom. The molecule has 0 atom stereocenters. The smallest absolute Gasteiger partial charge is 0.255 e. The SMILES string of the molecule is Cc1cccc(CN(C)C(=O)c2cc(I)ccc2Br)c1. The van der Waals surface area contributed by atoms with Gasteiger partial charge in [0.05, 0.1) is 5.56 Å². The predicted molar refractivity (Wildman–Crippen MR) is 93.8 cm³/mol. The molecule has 20 heavy (non-hydrogen) atoms. The lowest BCUT2D eigenvalue weighted by Gasteiger charge is -2.18. The van der Waals surface area contributed by atoms with Gasteiger partial charge in [0, 0.05) is 21.6 Å². The monoisotopic (exact) mass is 443 g/mol. The molecule has 2 aromatic rings. The molecular formula is C16H15BrINO. The van der Waals surface area contributed by atoms with Gasteiger partial charge in [-0.05, 0) is 69.2 Å². The van der Waals surface area contributed by atoms with Crippen molar-refractivity contribution in [3.63, 3.8) is 0 Å². The summed E-state index contributed by atoms with van der Waals surface area (Å²) in [6.07, 6.45) is 0. The number of hydrogen-bond donors (Lipinski definition) is 0. The molecule has 0 aliphatic rings. The van der Waals surface area contributed by atoms with Gasteiger partial charge in [-0.15, -0.1) is 0 Å². The number of amides is 1. The van der Waals surface area contributed by atoms with E-state index in [4.69, 9.17) is 0 Å². The zero-order valence-electron chi connectivity index (χ0n) is 11.4. The topological polar surface area (TPSA) is 20.3 Å². The summed E-state index contributed by atoms with van der Waals surface area (Å²) < 4.78 is 1.89. The molecule has 0 unspecified atom stereocenters. The molecular weight excluding hydrogens is 429 g/mol. The summed E-state index contributed by atoms with van der Waals surface area (Å²) in [4.78, 5) is 14.2. The van der Waals surface area contributed by atoms with E-state index in [2.05, 4.69) is 57.6 Å². The van der Waals surface area contributed by atoms with E-state index < -0.39 is 0 Å². The minimum Gasteiger partial charge on any atom is -0.337 e. The second-order valence-corrected chi connectivity index (χ2v) is 6.87. The van der Waals surface area contributed by atoms with E-state index in [1.54, 1.807) is 4.90 Å². The highest BCUT2D eigenvalue weighted by atomic mass is 127. The van der Waals surface area contributed by atoms with Crippen LogP contribution in [0.1, 0.15) is 21.5 Å². The second kappa shape index (κ2) is 6.72. The fraction of sp³-hybridized carbons (Fsp3) is 0.188. The Kier molecular flexibility index (Phi) is 5.21. The van der Waals surface area contributed by atoms with E-state index >= 15 is 0 Å². The van der Waals surface area contributed by atoms with Crippen molar-refractivity contribution in [2.75, 3.05) is 7.05 Å². The molecule has 2 aromatic carbocycles. The summed E-state index contributed by atoms with van der Waals surface area (Å²) in [6.45, 7) is 2.67. The fourth-order valence-electron chi connectivity index (χ4n) is 2.02. The van der Waals surface area contributed by atoms with E-state index in [9.17, 15) is 4.79 Å². The van der Waals surface area contributed by atoms with Crippen LogP contribution in [0.2, 0.25) is 0 Å². The van der Waals surface area contributed by atoms with Crippen LogP contribution in [0.25, 0.3) is 0 Å². The van der Waals surface area contributed by atoms with Crippen LogP contribution in [0.4, 0.5) is 0 Å². The first-order chi connectivity index (χ1) is 9.47. The maximum Gasteiger partial charge on any atom is 0.255 e. The number of rotatable bonds is 3. The summed E-state index contributed by atoms with van der Waals surface area (Å²) >= 11 is 5.66. The molecule has 2 nitrogen and oxygen atoms in total. The number of carbonyl (C=O) groups excluding carboxylic acids is 1. The minimum absolute atomic E-state index is 0.0249. The third kappa shape index (κ3) is 3.82. The van der Waals surface area contributed by atoms with Gasteiger partial charge in [0.25, 0.3) is 5.91 Å². The van der Waals surface area contributed by atoms with Gasteiger partial charge >= 0.3 is 0 Å². The molecule has 0 aliphatic carbocycles. The highest BCUT2D eigenvalue weighted by Crippen LogP contribution is 2.21. The first kappa shape index (κ1) is 15.5. The normalized spacial score (nSPS) is 10.4. The standard InChI is InChI=1S/C16H15BrINO/c1-11-4-3-5-12(8-11)10-19(2)16(20)14-9-13(18)6-7-15(14)17/h3-9H,10H2,1-2H3. The van der Waals surface area contributed by atoms with Crippen LogP contribution in [-0.2, 0) is 6.54 Å². The van der Waals surface area contributed by atoms with Gasteiger partial charge < -0.3 is 4.90 Å². The van der Waals surface area contributed by atoms with Crippen molar-refractivity contribution in [2.24, 2.45) is 0 Å². The maximum atomic E-state index is 12.5.